The molecule has 0 aliphatic carbocycles. The maximum absolute atomic E-state index is 12.9. The first-order chi connectivity index (χ1) is 15.8. The number of anilines is 1. The molecule has 33 heavy (non-hydrogen) atoms. The second-order valence-electron chi connectivity index (χ2n) is 8.64. The van der Waals surface area contributed by atoms with Crippen LogP contribution >= 0.6 is 11.8 Å². The van der Waals surface area contributed by atoms with E-state index in [0.29, 0.717) is 42.6 Å². The van der Waals surface area contributed by atoms with Gasteiger partial charge in [0.1, 0.15) is 0 Å². The first-order valence-electron chi connectivity index (χ1n) is 11.3. The fraction of sp³-hybridized carbons (Fsp3) is 0.417. The molecule has 2 aliphatic rings. The van der Waals surface area contributed by atoms with Crippen molar-refractivity contribution in [3.63, 3.8) is 0 Å². The minimum atomic E-state index is -3.70. The predicted molar refractivity (Wildman–Crippen MR) is 130 cm³/mol. The first kappa shape index (κ1) is 23.8. The molecule has 1 fully saturated rings. The molecule has 0 saturated carbocycles. The molecule has 2 heterocycles. The summed E-state index contributed by atoms with van der Waals surface area (Å²) in [5, 5.41) is 1.90. The molecule has 2 N–H and O–H groups in total. The summed E-state index contributed by atoms with van der Waals surface area (Å²) in [6.45, 7) is 3.83. The van der Waals surface area contributed by atoms with Crippen LogP contribution < -0.4 is 10.0 Å². The summed E-state index contributed by atoms with van der Waals surface area (Å²) in [5.74, 6) is 0.0169. The van der Waals surface area contributed by atoms with Gasteiger partial charge in [0.05, 0.1) is 10.6 Å². The molecular weight excluding hydrogens is 458 g/mol. The third kappa shape index (κ3) is 5.77. The van der Waals surface area contributed by atoms with Crippen molar-refractivity contribution in [3.05, 3.63) is 54.1 Å². The van der Waals surface area contributed by atoms with Crippen molar-refractivity contribution >= 4 is 39.3 Å². The number of rotatable bonds is 7. The number of amides is 2. The summed E-state index contributed by atoms with van der Waals surface area (Å²) in [6, 6.07) is 14.6. The van der Waals surface area contributed by atoms with E-state index in [4.69, 9.17) is 0 Å². The fourth-order valence-electron chi connectivity index (χ4n) is 4.04. The van der Waals surface area contributed by atoms with Crippen molar-refractivity contribution in [2.45, 2.75) is 47.6 Å². The number of carbonyl (C=O) groups is 2. The number of fused-ring (bicyclic) bond motifs is 1. The molecule has 2 aromatic carbocycles. The van der Waals surface area contributed by atoms with E-state index in [-0.39, 0.29) is 10.8 Å². The van der Waals surface area contributed by atoms with Gasteiger partial charge in [0.25, 0.3) is 0 Å². The standard InChI is InChI=1S/C24H29N3O4S2/c1-17-11-14-27(15-12-17)24(29)22-23(28)26-20-16-19(9-10-21(20)32-22)33(30,31)25-13-5-8-18-6-3-2-4-7-18/h2-4,6-7,9-10,16-17,22,25H,5,8,11-15H2,1H3,(H,26,28)/t22-/m0/s1. The molecule has 2 aromatic rings. The molecule has 176 valence electrons. The van der Waals surface area contributed by atoms with E-state index < -0.39 is 21.2 Å². The Hall–Kier alpha value is -2.36. The third-order valence-electron chi connectivity index (χ3n) is 6.10. The van der Waals surface area contributed by atoms with Gasteiger partial charge in [0.15, 0.2) is 5.25 Å². The molecule has 0 aromatic heterocycles. The van der Waals surface area contributed by atoms with Crippen LogP contribution in [0.2, 0.25) is 0 Å². The van der Waals surface area contributed by atoms with E-state index in [9.17, 15) is 18.0 Å². The van der Waals surface area contributed by atoms with Crippen molar-refractivity contribution in [2.24, 2.45) is 5.92 Å². The topological polar surface area (TPSA) is 95.6 Å². The summed E-state index contributed by atoms with van der Waals surface area (Å²) in [5.41, 5.74) is 1.59. The van der Waals surface area contributed by atoms with Crippen LogP contribution in [0.5, 0.6) is 0 Å². The molecule has 0 unspecified atom stereocenters. The summed E-state index contributed by atoms with van der Waals surface area (Å²) in [6.07, 6.45) is 3.35. The number of nitrogens with one attached hydrogen (secondary N) is 2. The Kier molecular flexibility index (Phi) is 7.41. The van der Waals surface area contributed by atoms with Crippen LogP contribution in [0.1, 0.15) is 31.7 Å². The maximum Gasteiger partial charge on any atom is 0.247 e. The van der Waals surface area contributed by atoms with E-state index in [1.807, 2.05) is 30.3 Å². The lowest BCUT2D eigenvalue weighted by molar-refractivity contribution is -0.135. The lowest BCUT2D eigenvalue weighted by Gasteiger charge is -2.33. The Morgan fingerprint density at radius 1 is 1.15 bits per heavy atom. The molecule has 0 radical (unpaired) electrons. The van der Waals surface area contributed by atoms with Gasteiger partial charge in [-0.2, -0.15) is 0 Å². The minimum absolute atomic E-state index is 0.0941. The maximum atomic E-state index is 12.9. The SMILES string of the molecule is CC1CCN(C(=O)[C@H]2Sc3ccc(S(=O)(=O)NCCCc4ccccc4)cc3NC2=O)CC1. The van der Waals surface area contributed by atoms with Crippen molar-refractivity contribution < 1.29 is 18.0 Å². The Labute approximate surface area is 199 Å². The van der Waals surface area contributed by atoms with E-state index >= 15 is 0 Å². The largest absolute Gasteiger partial charge is 0.341 e. The highest BCUT2D eigenvalue weighted by molar-refractivity contribution is 8.01. The van der Waals surface area contributed by atoms with E-state index in [1.165, 1.54) is 23.9 Å². The van der Waals surface area contributed by atoms with Crippen LogP contribution in [0.3, 0.4) is 0 Å². The van der Waals surface area contributed by atoms with Crippen LogP contribution in [0, 0.1) is 5.92 Å². The van der Waals surface area contributed by atoms with E-state index in [0.717, 1.165) is 24.8 Å². The lowest BCUT2D eigenvalue weighted by atomic mass is 9.99. The van der Waals surface area contributed by atoms with Crippen LogP contribution in [-0.2, 0) is 26.0 Å². The number of sulfonamides is 1. The number of likely N-dealkylation sites (tertiary alicyclic amines) is 1. The van der Waals surface area contributed by atoms with Gasteiger partial charge < -0.3 is 10.2 Å². The molecular formula is C24H29N3O4S2. The Bertz CT molecular complexity index is 1110. The average Bonchev–Trinajstić information content (AvgIpc) is 2.82. The molecule has 4 rings (SSSR count). The third-order valence-corrected chi connectivity index (χ3v) is 8.82. The molecule has 0 spiro atoms. The molecule has 2 amide bonds. The van der Waals surface area contributed by atoms with E-state index in [2.05, 4.69) is 17.0 Å². The van der Waals surface area contributed by atoms with Gasteiger partial charge in [0, 0.05) is 24.5 Å². The smallest absolute Gasteiger partial charge is 0.247 e. The zero-order valence-corrected chi connectivity index (χ0v) is 20.3. The highest BCUT2D eigenvalue weighted by Gasteiger charge is 2.37. The monoisotopic (exact) mass is 487 g/mol. The number of nitrogens with zero attached hydrogens (tertiary/aromatic N) is 1. The fourth-order valence-corrected chi connectivity index (χ4v) is 6.19. The zero-order chi connectivity index (χ0) is 23.4. The lowest BCUT2D eigenvalue weighted by Crippen LogP contribution is -2.47. The summed E-state index contributed by atoms with van der Waals surface area (Å²) >= 11 is 1.19. The van der Waals surface area contributed by atoms with Gasteiger partial charge in [-0.05, 0) is 55.4 Å². The van der Waals surface area contributed by atoms with Crippen molar-refractivity contribution in [1.82, 2.24) is 9.62 Å². The van der Waals surface area contributed by atoms with Crippen LogP contribution in [0.15, 0.2) is 58.3 Å². The highest BCUT2D eigenvalue weighted by atomic mass is 32.2. The highest BCUT2D eigenvalue weighted by Crippen LogP contribution is 2.38. The van der Waals surface area contributed by atoms with Crippen LogP contribution in [0.4, 0.5) is 5.69 Å². The van der Waals surface area contributed by atoms with Crippen molar-refractivity contribution in [1.29, 1.82) is 0 Å². The Morgan fingerprint density at radius 2 is 1.88 bits per heavy atom. The normalized spacial score (nSPS) is 19.1. The second-order valence-corrected chi connectivity index (χ2v) is 11.6. The Morgan fingerprint density at radius 3 is 2.61 bits per heavy atom. The number of thioether (sulfide) groups is 1. The summed E-state index contributed by atoms with van der Waals surface area (Å²) in [4.78, 5) is 28.1. The molecule has 7 nitrogen and oxygen atoms in total. The number of hydrogen-bond acceptors (Lipinski definition) is 5. The minimum Gasteiger partial charge on any atom is -0.341 e. The van der Waals surface area contributed by atoms with Gasteiger partial charge in [-0.3, -0.25) is 9.59 Å². The number of piperidine rings is 1. The summed E-state index contributed by atoms with van der Waals surface area (Å²) < 4.78 is 28.1. The zero-order valence-electron chi connectivity index (χ0n) is 18.6. The molecule has 0 bridgehead atoms. The van der Waals surface area contributed by atoms with Gasteiger partial charge >= 0.3 is 0 Å². The second kappa shape index (κ2) is 10.3. The van der Waals surface area contributed by atoms with Crippen LogP contribution in [-0.4, -0.2) is 50.0 Å². The molecule has 1 saturated heterocycles. The van der Waals surface area contributed by atoms with Gasteiger partial charge in [0.2, 0.25) is 21.8 Å². The number of carbonyl (C=O) groups excluding carboxylic acids is 2. The summed E-state index contributed by atoms with van der Waals surface area (Å²) in [7, 11) is -3.70. The quantitative estimate of drug-likeness (QED) is 0.462. The Balaban J connectivity index is 1.37. The van der Waals surface area contributed by atoms with Crippen molar-refractivity contribution in [2.75, 3.05) is 25.0 Å². The van der Waals surface area contributed by atoms with Crippen molar-refractivity contribution in [3.8, 4) is 0 Å². The first-order valence-corrected chi connectivity index (χ1v) is 13.6. The average molecular weight is 488 g/mol. The molecule has 9 heteroatoms. The van der Waals surface area contributed by atoms with Gasteiger partial charge in [-0.15, -0.1) is 11.8 Å². The molecule has 1 atom stereocenters. The number of hydrogen-bond donors (Lipinski definition) is 2. The number of benzene rings is 2. The predicted octanol–water partition coefficient (Wildman–Crippen LogP) is 3.27. The van der Waals surface area contributed by atoms with Crippen LogP contribution in [0.25, 0.3) is 0 Å². The van der Waals surface area contributed by atoms with Gasteiger partial charge in [-0.1, -0.05) is 37.3 Å². The molecule has 2 aliphatic heterocycles. The van der Waals surface area contributed by atoms with Gasteiger partial charge in [-0.25, -0.2) is 13.1 Å². The number of aryl methyl sites for hydroxylation is 1. The van der Waals surface area contributed by atoms with E-state index in [1.54, 1.807) is 11.0 Å².